The number of nitrogens with zero attached hydrogens (tertiary/aromatic N) is 2. The number of imidazole rings is 1. The van der Waals surface area contributed by atoms with Gasteiger partial charge in [0.05, 0.1) is 35.3 Å². The molecular weight excluding hydrogens is 519 g/mol. The standard InChI is InChI=1S/C31H36F3N3O3/c1-7-11-29(3,4)25-17-37(18-35-25)26-21(27(38)40-8-2)15-20(16-24(26)33)36-28(39)31(12-13-31)22-10-9-19(14-23(22)32)30(5,6)34/h9-10,14-18H,7-8,11-13H2,1-6H3,(H,36,39). The molecular formula is C31H36F3N3O3. The molecule has 1 aromatic heterocycles. The van der Waals surface area contributed by atoms with Crippen LogP contribution in [-0.2, 0) is 26.0 Å². The third kappa shape index (κ3) is 5.64. The fourth-order valence-electron chi connectivity index (χ4n) is 5.11. The first-order valence-corrected chi connectivity index (χ1v) is 13.6. The molecule has 1 aliphatic carbocycles. The molecule has 0 unspecified atom stereocenters. The summed E-state index contributed by atoms with van der Waals surface area (Å²) in [5.41, 5.74) is -2.16. The van der Waals surface area contributed by atoms with Crippen LogP contribution < -0.4 is 5.32 Å². The first-order chi connectivity index (χ1) is 18.7. The van der Waals surface area contributed by atoms with Crippen LogP contribution in [0.2, 0.25) is 0 Å². The second-order valence-corrected chi connectivity index (χ2v) is 11.6. The number of alkyl halides is 1. The van der Waals surface area contributed by atoms with Gasteiger partial charge in [-0.25, -0.2) is 22.9 Å². The van der Waals surface area contributed by atoms with Crippen molar-refractivity contribution in [3.8, 4) is 5.69 Å². The predicted molar refractivity (Wildman–Crippen MR) is 147 cm³/mol. The fourth-order valence-corrected chi connectivity index (χ4v) is 5.11. The van der Waals surface area contributed by atoms with Gasteiger partial charge in [0.1, 0.15) is 17.3 Å². The molecule has 0 spiro atoms. The summed E-state index contributed by atoms with van der Waals surface area (Å²) >= 11 is 0. The number of rotatable bonds is 10. The molecule has 0 radical (unpaired) electrons. The zero-order chi connectivity index (χ0) is 29.5. The lowest BCUT2D eigenvalue weighted by atomic mass is 9.85. The molecule has 2 aromatic carbocycles. The zero-order valence-corrected chi connectivity index (χ0v) is 23.8. The Kier molecular flexibility index (Phi) is 7.89. The van der Waals surface area contributed by atoms with Gasteiger partial charge in [-0.1, -0.05) is 39.3 Å². The van der Waals surface area contributed by atoms with Gasteiger partial charge < -0.3 is 14.6 Å². The molecule has 0 bridgehead atoms. The molecule has 9 heteroatoms. The van der Waals surface area contributed by atoms with Crippen molar-refractivity contribution in [2.24, 2.45) is 0 Å². The summed E-state index contributed by atoms with van der Waals surface area (Å²) < 4.78 is 51.6. The molecule has 0 atom stereocenters. The molecule has 0 saturated heterocycles. The number of anilines is 1. The molecule has 214 valence electrons. The molecule has 1 amide bonds. The maximum atomic E-state index is 15.7. The molecule has 1 aliphatic rings. The number of halogens is 3. The zero-order valence-electron chi connectivity index (χ0n) is 23.8. The van der Waals surface area contributed by atoms with Crippen molar-refractivity contribution in [1.29, 1.82) is 0 Å². The number of amides is 1. The minimum Gasteiger partial charge on any atom is -0.462 e. The maximum absolute atomic E-state index is 15.7. The molecule has 3 aromatic rings. The van der Waals surface area contributed by atoms with Crippen molar-refractivity contribution in [3.05, 3.63) is 76.9 Å². The Morgan fingerprint density at radius 2 is 1.77 bits per heavy atom. The van der Waals surface area contributed by atoms with Crippen LogP contribution in [0.4, 0.5) is 18.9 Å². The summed E-state index contributed by atoms with van der Waals surface area (Å²) in [6, 6.07) is 6.49. The van der Waals surface area contributed by atoms with E-state index in [2.05, 4.69) is 17.2 Å². The van der Waals surface area contributed by atoms with Crippen molar-refractivity contribution in [2.45, 2.75) is 83.7 Å². The molecule has 1 heterocycles. The molecule has 1 saturated carbocycles. The number of benzene rings is 2. The highest BCUT2D eigenvalue weighted by atomic mass is 19.1. The predicted octanol–water partition coefficient (Wildman–Crippen LogP) is 7.28. The Hall–Kier alpha value is -3.62. The SMILES string of the molecule is CCCC(C)(C)c1cn(-c2c(F)cc(NC(=O)C3(c4ccc(C(C)(C)F)cc4F)CC3)cc2C(=O)OCC)cn1. The minimum atomic E-state index is -1.73. The quantitative estimate of drug-likeness (QED) is 0.267. The average molecular weight is 556 g/mol. The van der Waals surface area contributed by atoms with E-state index in [4.69, 9.17) is 4.74 Å². The van der Waals surface area contributed by atoms with Crippen molar-refractivity contribution in [1.82, 2.24) is 9.55 Å². The Bertz CT molecular complexity index is 1440. The Morgan fingerprint density at radius 1 is 1.07 bits per heavy atom. The van der Waals surface area contributed by atoms with Crippen LogP contribution in [0.25, 0.3) is 5.69 Å². The van der Waals surface area contributed by atoms with Gasteiger partial charge in [-0.2, -0.15) is 0 Å². The summed E-state index contributed by atoms with van der Waals surface area (Å²) in [4.78, 5) is 30.7. The Balaban J connectivity index is 1.68. The number of hydrogen-bond acceptors (Lipinski definition) is 4. The number of aromatic nitrogens is 2. The van der Waals surface area contributed by atoms with Gasteiger partial charge in [0.15, 0.2) is 0 Å². The van der Waals surface area contributed by atoms with Crippen molar-refractivity contribution in [3.63, 3.8) is 0 Å². The number of hydrogen-bond donors (Lipinski definition) is 1. The van der Waals surface area contributed by atoms with Gasteiger partial charge in [-0.15, -0.1) is 0 Å². The summed E-state index contributed by atoms with van der Waals surface area (Å²) in [6.45, 7) is 10.5. The van der Waals surface area contributed by atoms with Crippen LogP contribution in [0.5, 0.6) is 0 Å². The number of carbonyl (C=O) groups excluding carboxylic acids is 2. The van der Waals surface area contributed by atoms with Crippen molar-refractivity contribution >= 4 is 17.6 Å². The van der Waals surface area contributed by atoms with Crippen LogP contribution in [-0.4, -0.2) is 28.0 Å². The van der Waals surface area contributed by atoms with Crippen LogP contribution in [0.3, 0.4) is 0 Å². The molecule has 40 heavy (non-hydrogen) atoms. The summed E-state index contributed by atoms with van der Waals surface area (Å²) in [5.74, 6) is -2.73. The van der Waals surface area contributed by atoms with Crippen molar-refractivity contribution in [2.75, 3.05) is 11.9 Å². The van der Waals surface area contributed by atoms with Gasteiger partial charge >= 0.3 is 5.97 Å². The van der Waals surface area contributed by atoms with E-state index in [0.717, 1.165) is 30.7 Å². The molecule has 0 aliphatic heterocycles. The lowest BCUT2D eigenvalue weighted by Crippen LogP contribution is -2.29. The highest BCUT2D eigenvalue weighted by molar-refractivity contribution is 6.03. The maximum Gasteiger partial charge on any atom is 0.340 e. The molecule has 6 nitrogen and oxygen atoms in total. The topological polar surface area (TPSA) is 73.2 Å². The van der Waals surface area contributed by atoms with E-state index in [0.29, 0.717) is 12.8 Å². The monoisotopic (exact) mass is 555 g/mol. The Labute approximate surface area is 233 Å². The lowest BCUT2D eigenvalue weighted by Gasteiger charge is -2.21. The third-order valence-electron chi connectivity index (χ3n) is 7.58. The van der Waals surface area contributed by atoms with Crippen LogP contribution >= 0.6 is 0 Å². The van der Waals surface area contributed by atoms with E-state index >= 15 is 8.78 Å². The van der Waals surface area contributed by atoms with E-state index in [1.165, 1.54) is 42.9 Å². The van der Waals surface area contributed by atoms with Gasteiger partial charge in [0, 0.05) is 22.9 Å². The normalized spacial score (nSPS) is 14.6. The largest absolute Gasteiger partial charge is 0.462 e. The van der Waals surface area contributed by atoms with Gasteiger partial charge in [0.2, 0.25) is 5.91 Å². The highest BCUT2D eigenvalue weighted by Gasteiger charge is 2.53. The lowest BCUT2D eigenvalue weighted by molar-refractivity contribution is -0.118. The summed E-state index contributed by atoms with van der Waals surface area (Å²) in [6.07, 6.45) is 5.73. The fraction of sp³-hybridized carbons (Fsp3) is 0.452. The van der Waals surface area contributed by atoms with E-state index in [9.17, 15) is 14.0 Å². The van der Waals surface area contributed by atoms with Gasteiger partial charge in [-0.3, -0.25) is 4.79 Å². The second kappa shape index (κ2) is 10.7. The number of ether oxygens (including phenoxy) is 1. The van der Waals surface area contributed by atoms with Crippen LogP contribution in [0.1, 0.15) is 94.4 Å². The smallest absolute Gasteiger partial charge is 0.340 e. The molecule has 4 rings (SSSR count). The number of esters is 1. The molecule has 1 N–H and O–H groups in total. The summed E-state index contributed by atoms with van der Waals surface area (Å²) in [7, 11) is 0. The van der Waals surface area contributed by atoms with Gasteiger partial charge in [0.25, 0.3) is 0 Å². The van der Waals surface area contributed by atoms with Crippen LogP contribution in [0.15, 0.2) is 42.9 Å². The highest BCUT2D eigenvalue weighted by Crippen LogP contribution is 2.50. The first-order valence-electron chi connectivity index (χ1n) is 13.6. The summed E-state index contributed by atoms with van der Waals surface area (Å²) in [5, 5.41) is 2.67. The average Bonchev–Trinajstić information content (AvgIpc) is 3.52. The number of carbonyl (C=O) groups is 2. The van der Waals surface area contributed by atoms with Crippen LogP contribution in [0, 0.1) is 11.6 Å². The minimum absolute atomic E-state index is 0.0362. The van der Waals surface area contributed by atoms with E-state index in [1.807, 2.05) is 13.8 Å². The third-order valence-corrected chi connectivity index (χ3v) is 7.58. The number of nitrogens with one attached hydrogen (secondary N) is 1. The van der Waals surface area contributed by atoms with E-state index in [-0.39, 0.29) is 40.1 Å². The van der Waals surface area contributed by atoms with Crippen molar-refractivity contribution < 1.29 is 27.5 Å². The first kappa shape index (κ1) is 29.4. The molecule has 1 fully saturated rings. The Morgan fingerprint density at radius 3 is 2.35 bits per heavy atom. The van der Waals surface area contributed by atoms with E-state index in [1.54, 1.807) is 13.1 Å². The van der Waals surface area contributed by atoms with Gasteiger partial charge in [-0.05, 0) is 63.8 Å². The second-order valence-electron chi connectivity index (χ2n) is 11.6. The van der Waals surface area contributed by atoms with E-state index < -0.39 is 34.6 Å².